The third kappa shape index (κ3) is 4.64. The average molecular weight is 366 g/mol. The van der Waals surface area contributed by atoms with E-state index in [9.17, 15) is 4.79 Å². The number of ether oxygens (including phenoxy) is 1. The number of carbonyl (C=O) groups excluding carboxylic acids is 1. The zero-order valence-electron chi connectivity index (χ0n) is 14.5. The van der Waals surface area contributed by atoms with E-state index >= 15 is 0 Å². The molecule has 0 aliphatic carbocycles. The summed E-state index contributed by atoms with van der Waals surface area (Å²) in [4.78, 5) is 12.5. The molecule has 0 radical (unpaired) electrons. The Morgan fingerprint density at radius 1 is 1.00 bits per heavy atom. The predicted octanol–water partition coefficient (Wildman–Crippen LogP) is 5.41. The topological polar surface area (TPSA) is 38.3 Å². The van der Waals surface area contributed by atoms with E-state index in [1.165, 1.54) is 0 Å². The van der Waals surface area contributed by atoms with Crippen molar-refractivity contribution < 1.29 is 9.53 Å². The minimum atomic E-state index is -0.135. The SMILES string of the molecule is C[C@H](NC(=O)c1cccc(OCc2ccccc2Cl)c1)c1ccccc1. The number of benzene rings is 3. The van der Waals surface area contributed by atoms with E-state index in [1.54, 1.807) is 12.1 Å². The van der Waals surface area contributed by atoms with Crippen molar-refractivity contribution in [1.29, 1.82) is 0 Å². The van der Waals surface area contributed by atoms with Gasteiger partial charge in [-0.05, 0) is 36.8 Å². The summed E-state index contributed by atoms with van der Waals surface area (Å²) in [6.07, 6.45) is 0. The van der Waals surface area contributed by atoms with E-state index in [-0.39, 0.29) is 11.9 Å². The first-order valence-corrected chi connectivity index (χ1v) is 8.83. The molecule has 0 heterocycles. The molecule has 1 N–H and O–H groups in total. The van der Waals surface area contributed by atoms with Gasteiger partial charge in [-0.15, -0.1) is 0 Å². The Hall–Kier alpha value is -2.78. The van der Waals surface area contributed by atoms with Crippen molar-refractivity contribution in [3.05, 3.63) is 101 Å². The van der Waals surface area contributed by atoms with E-state index < -0.39 is 0 Å². The molecule has 4 heteroatoms. The Morgan fingerprint density at radius 2 is 1.73 bits per heavy atom. The van der Waals surface area contributed by atoms with Crippen molar-refractivity contribution in [3.8, 4) is 5.75 Å². The standard InChI is InChI=1S/C22H20ClNO2/c1-16(17-8-3-2-4-9-17)24-22(25)18-11-7-12-20(14-18)26-15-19-10-5-6-13-21(19)23/h2-14,16H,15H2,1H3,(H,24,25)/t16-/m0/s1. The first-order chi connectivity index (χ1) is 12.6. The molecule has 3 aromatic rings. The van der Waals surface area contributed by atoms with Gasteiger partial charge in [0.15, 0.2) is 0 Å². The third-order valence-corrected chi connectivity index (χ3v) is 4.46. The fourth-order valence-corrected chi connectivity index (χ4v) is 2.80. The van der Waals surface area contributed by atoms with Crippen LogP contribution in [0.25, 0.3) is 0 Å². The molecular weight excluding hydrogens is 346 g/mol. The third-order valence-electron chi connectivity index (χ3n) is 4.10. The maximum absolute atomic E-state index is 12.5. The fraction of sp³-hybridized carbons (Fsp3) is 0.136. The summed E-state index contributed by atoms with van der Waals surface area (Å²) in [5.74, 6) is 0.495. The number of rotatable bonds is 6. The maximum atomic E-state index is 12.5. The molecule has 0 bridgehead atoms. The summed E-state index contributed by atoms with van der Waals surface area (Å²) in [6, 6.07) is 24.5. The van der Waals surface area contributed by atoms with Crippen LogP contribution in [-0.2, 0) is 6.61 Å². The van der Waals surface area contributed by atoms with Gasteiger partial charge >= 0.3 is 0 Å². The summed E-state index contributed by atoms with van der Waals surface area (Å²) in [7, 11) is 0. The number of hydrogen-bond acceptors (Lipinski definition) is 2. The summed E-state index contributed by atoms with van der Waals surface area (Å²) < 4.78 is 5.79. The lowest BCUT2D eigenvalue weighted by atomic mass is 10.1. The van der Waals surface area contributed by atoms with Gasteiger partial charge < -0.3 is 10.1 Å². The molecule has 0 fully saturated rings. The van der Waals surface area contributed by atoms with E-state index in [4.69, 9.17) is 16.3 Å². The Morgan fingerprint density at radius 3 is 2.50 bits per heavy atom. The summed E-state index contributed by atoms with van der Waals surface area (Å²) in [5.41, 5.74) is 2.53. The highest BCUT2D eigenvalue weighted by Crippen LogP contribution is 2.20. The highest BCUT2D eigenvalue weighted by molar-refractivity contribution is 6.31. The van der Waals surface area contributed by atoms with Crippen molar-refractivity contribution in [2.75, 3.05) is 0 Å². The van der Waals surface area contributed by atoms with Gasteiger partial charge in [-0.1, -0.05) is 66.2 Å². The molecule has 1 amide bonds. The van der Waals surface area contributed by atoms with Gasteiger partial charge in [0, 0.05) is 16.1 Å². The lowest BCUT2D eigenvalue weighted by molar-refractivity contribution is 0.0939. The molecule has 3 aromatic carbocycles. The largest absolute Gasteiger partial charge is 0.489 e. The van der Waals surface area contributed by atoms with Crippen LogP contribution in [0.2, 0.25) is 5.02 Å². The molecule has 0 saturated heterocycles. The van der Waals surface area contributed by atoms with Crippen LogP contribution < -0.4 is 10.1 Å². The lowest BCUT2D eigenvalue weighted by Gasteiger charge is -2.15. The smallest absolute Gasteiger partial charge is 0.251 e. The van der Waals surface area contributed by atoms with Crippen molar-refractivity contribution in [2.45, 2.75) is 19.6 Å². The predicted molar refractivity (Wildman–Crippen MR) is 105 cm³/mol. The molecule has 3 nitrogen and oxygen atoms in total. The second-order valence-corrected chi connectivity index (χ2v) is 6.42. The quantitative estimate of drug-likeness (QED) is 0.634. The van der Waals surface area contributed by atoms with E-state index in [2.05, 4.69) is 5.32 Å². The van der Waals surface area contributed by atoms with Crippen LogP contribution in [0.3, 0.4) is 0 Å². The summed E-state index contributed by atoms with van der Waals surface area (Å²) in [6.45, 7) is 2.32. The van der Waals surface area contributed by atoms with E-state index in [0.29, 0.717) is 22.9 Å². The van der Waals surface area contributed by atoms with Crippen molar-refractivity contribution in [2.24, 2.45) is 0 Å². The molecule has 0 unspecified atom stereocenters. The van der Waals surface area contributed by atoms with Crippen LogP contribution in [0.15, 0.2) is 78.9 Å². The molecule has 3 rings (SSSR count). The van der Waals surface area contributed by atoms with Gasteiger partial charge in [-0.2, -0.15) is 0 Å². The van der Waals surface area contributed by atoms with E-state index in [0.717, 1.165) is 11.1 Å². The minimum absolute atomic E-state index is 0.0728. The Balaban J connectivity index is 1.65. The normalized spacial score (nSPS) is 11.6. The van der Waals surface area contributed by atoms with Gasteiger partial charge in [-0.3, -0.25) is 4.79 Å². The van der Waals surface area contributed by atoms with Crippen LogP contribution in [0.4, 0.5) is 0 Å². The van der Waals surface area contributed by atoms with Crippen molar-refractivity contribution in [1.82, 2.24) is 5.32 Å². The van der Waals surface area contributed by atoms with Crippen molar-refractivity contribution in [3.63, 3.8) is 0 Å². The molecular formula is C22H20ClNO2. The Labute approximate surface area is 158 Å². The molecule has 26 heavy (non-hydrogen) atoms. The average Bonchev–Trinajstić information content (AvgIpc) is 2.68. The van der Waals surface area contributed by atoms with Gasteiger partial charge in [0.25, 0.3) is 5.91 Å². The summed E-state index contributed by atoms with van der Waals surface area (Å²) >= 11 is 6.14. The second-order valence-electron chi connectivity index (χ2n) is 6.01. The molecule has 0 aliphatic heterocycles. The van der Waals surface area contributed by atoms with Gasteiger partial charge in [0.1, 0.15) is 12.4 Å². The van der Waals surface area contributed by atoms with E-state index in [1.807, 2.05) is 73.7 Å². The summed E-state index contributed by atoms with van der Waals surface area (Å²) in [5, 5.41) is 3.67. The number of hydrogen-bond donors (Lipinski definition) is 1. The molecule has 0 aliphatic rings. The van der Waals surface area contributed by atoms with Gasteiger partial charge in [-0.25, -0.2) is 0 Å². The maximum Gasteiger partial charge on any atom is 0.251 e. The van der Waals surface area contributed by atoms with Crippen LogP contribution in [0.1, 0.15) is 34.5 Å². The molecule has 1 atom stereocenters. The number of amides is 1. The van der Waals surface area contributed by atoms with Crippen LogP contribution in [-0.4, -0.2) is 5.91 Å². The minimum Gasteiger partial charge on any atom is -0.489 e. The number of nitrogens with one attached hydrogen (secondary N) is 1. The number of carbonyl (C=O) groups is 1. The fourth-order valence-electron chi connectivity index (χ4n) is 2.61. The molecule has 0 saturated carbocycles. The molecule has 0 aromatic heterocycles. The molecule has 132 valence electrons. The monoisotopic (exact) mass is 365 g/mol. The highest BCUT2D eigenvalue weighted by Gasteiger charge is 2.12. The Bertz CT molecular complexity index is 880. The first kappa shape index (κ1) is 18.0. The van der Waals surface area contributed by atoms with Crippen LogP contribution in [0.5, 0.6) is 5.75 Å². The van der Waals surface area contributed by atoms with Gasteiger partial charge in [0.2, 0.25) is 0 Å². The highest BCUT2D eigenvalue weighted by atomic mass is 35.5. The second kappa shape index (κ2) is 8.54. The first-order valence-electron chi connectivity index (χ1n) is 8.45. The molecule has 0 spiro atoms. The van der Waals surface area contributed by atoms with Crippen LogP contribution in [0, 0.1) is 0 Å². The number of halogens is 1. The van der Waals surface area contributed by atoms with Crippen LogP contribution >= 0.6 is 11.6 Å². The lowest BCUT2D eigenvalue weighted by Crippen LogP contribution is -2.26. The zero-order chi connectivity index (χ0) is 18.4. The Kier molecular flexibility index (Phi) is 5.92. The van der Waals surface area contributed by atoms with Crippen molar-refractivity contribution >= 4 is 17.5 Å². The zero-order valence-corrected chi connectivity index (χ0v) is 15.2. The van der Waals surface area contributed by atoms with Gasteiger partial charge in [0.05, 0.1) is 6.04 Å².